The predicted octanol–water partition coefficient (Wildman–Crippen LogP) is 4.49. The van der Waals surface area contributed by atoms with Crippen LogP contribution < -0.4 is 10.8 Å². The van der Waals surface area contributed by atoms with E-state index in [0.29, 0.717) is 0 Å². The molecular formula is C20H38AgNO2. The summed E-state index contributed by atoms with van der Waals surface area (Å²) in [6, 6.07) is -0.232. The number of hydrogen-bond acceptors (Lipinski definition) is 3. The summed E-state index contributed by atoms with van der Waals surface area (Å²) in [6.07, 6.45) is 22.1. The minimum absolute atomic E-state index is 0. The Labute approximate surface area is 165 Å². The molecule has 0 saturated carbocycles. The summed E-state index contributed by atoms with van der Waals surface area (Å²) in [7, 11) is 0. The van der Waals surface area contributed by atoms with Crippen LogP contribution in [-0.2, 0) is 27.2 Å². The first-order valence-electron chi connectivity index (χ1n) is 9.77. The zero-order chi connectivity index (χ0) is 17.2. The topological polar surface area (TPSA) is 66.2 Å². The van der Waals surface area contributed by atoms with Crippen molar-refractivity contribution >= 4 is 5.97 Å². The number of carbonyl (C=O) groups excluding carboxylic acids is 1. The second-order valence-electron chi connectivity index (χ2n) is 6.71. The molecule has 0 aliphatic rings. The van der Waals surface area contributed by atoms with E-state index < -0.39 is 5.97 Å². The van der Waals surface area contributed by atoms with Gasteiger partial charge in [-0.1, -0.05) is 76.9 Å². The van der Waals surface area contributed by atoms with Gasteiger partial charge in [0.25, 0.3) is 0 Å². The number of aliphatic carboxylic acids is 1. The molecule has 0 bridgehead atoms. The van der Waals surface area contributed by atoms with Gasteiger partial charge in [0.1, 0.15) is 0 Å². The quantitative estimate of drug-likeness (QED) is 0.209. The molecule has 0 aliphatic heterocycles. The summed E-state index contributed by atoms with van der Waals surface area (Å²) in [4.78, 5) is 10.4. The van der Waals surface area contributed by atoms with Gasteiger partial charge in [0.05, 0.1) is 0 Å². The molecule has 0 aliphatic carbocycles. The van der Waals surface area contributed by atoms with E-state index in [1.54, 1.807) is 0 Å². The second kappa shape index (κ2) is 21.0. The smallest absolute Gasteiger partial charge is 0.550 e. The van der Waals surface area contributed by atoms with Crippen LogP contribution in [0.1, 0.15) is 103 Å². The van der Waals surface area contributed by atoms with Crippen molar-refractivity contribution in [3.63, 3.8) is 0 Å². The molecule has 2 N–H and O–H groups in total. The van der Waals surface area contributed by atoms with E-state index in [9.17, 15) is 9.90 Å². The average Bonchev–Trinajstić information content (AvgIpc) is 2.50. The largest absolute Gasteiger partial charge is 1.00 e. The van der Waals surface area contributed by atoms with E-state index in [1.165, 1.54) is 70.6 Å². The first kappa shape index (κ1) is 26.1. The third kappa shape index (κ3) is 21.9. The zero-order valence-electron chi connectivity index (χ0n) is 15.5. The maximum atomic E-state index is 10.4. The van der Waals surface area contributed by atoms with Gasteiger partial charge in [0, 0.05) is 18.4 Å². The Morgan fingerprint density at radius 3 is 1.83 bits per heavy atom. The Morgan fingerprint density at radius 1 is 0.875 bits per heavy atom. The molecule has 0 aromatic carbocycles. The van der Waals surface area contributed by atoms with Crippen molar-refractivity contribution < 1.29 is 32.3 Å². The molecule has 0 radical (unpaired) electrons. The number of carboxylic acids is 1. The fraction of sp³-hybridized carbons (Fsp3) is 0.850. The van der Waals surface area contributed by atoms with Gasteiger partial charge in [0.2, 0.25) is 0 Å². The summed E-state index contributed by atoms with van der Waals surface area (Å²) in [5.41, 5.74) is 5.70. The van der Waals surface area contributed by atoms with E-state index in [1.807, 2.05) is 0 Å². The van der Waals surface area contributed by atoms with Crippen LogP contribution in [0.15, 0.2) is 12.2 Å². The molecule has 0 amide bonds. The Morgan fingerprint density at radius 2 is 1.33 bits per heavy atom. The molecule has 1 unspecified atom stereocenters. The van der Waals surface area contributed by atoms with Gasteiger partial charge in [-0.25, -0.2) is 0 Å². The zero-order valence-corrected chi connectivity index (χ0v) is 17.0. The molecule has 4 heteroatoms. The van der Waals surface area contributed by atoms with Crippen LogP contribution in [0, 0.1) is 0 Å². The average molecular weight is 432 g/mol. The van der Waals surface area contributed by atoms with E-state index in [-0.39, 0.29) is 34.8 Å². The predicted molar refractivity (Wildman–Crippen MR) is 97.1 cm³/mol. The molecule has 0 fully saturated rings. The maximum absolute atomic E-state index is 10.4. The van der Waals surface area contributed by atoms with Crippen LogP contribution in [0.5, 0.6) is 0 Å². The molecule has 146 valence electrons. The first-order chi connectivity index (χ1) is 11.2. The van der Waals surface area contributed by atoms with Crippen molar-refractivity contribution in [3.05, 3.63) is 12.2 Å². The fourth-order valence-corrected chi connectivity index (χ4v) is 2.79. The second-order valence-corrected chi connectivity index (χ2v) is 6.71. The van der Waals surface area contributed by atoms with E-state index >= 15 is 0 Å². The number of nitrogens with two attached hydrogens (primary N) is 1. The van der Waals surface area contributed by atoms with Crippen LogP contribution in [0.25, 0.3) is 0 Å². The minimum atomic E-state index is -1.04. The van der Waals surface area contributed by atoms with Crippen LogP contribution in [-0.4, -0.2) is 12.0 Å². The molecule has 0 spiro atoms. The number of unbranched alkanes of at least 4 members (excludes halogenated alkanes) is 11. The van der Waals surface area contributed by atoms with Crippen molar-refractivity contribution in [1.29, 1.82) is 0 Å². The third-order valence-electron chi connectivity index (χ3n) is 4.27. The van der Waals surface area contributed by atoms with Crippen molar-refractivity contribution in [2.75, 3.05) is 0 Å². The Balaban J connectivity index is 0. The summed E-state index contributed by atoms with van der Waals surface area (Å²) in [5, 5.41) is 10.4. The number of allylic oxidation sites excluding steroid dienone is 2. The summed E-state index contributed by atoms with van der Waals surface area (Å²) < 4.78 is 0. The van der Waals surface area contributed by atoms with Crippen molar-refractivity contribution in [3.8, 4) is 0 Å². The normalized spacial score (nSPS) is 12.2. The molecule has 3 nitrogen and oxygen atoms in total. The molecule has 0 aromatic heterocycles. The minimum Gasteiger partial charge on any atom is -0.550 e. The number of carbonyl (C=O) groups is 1. The van der Waals surface area contributed by atoms with Gasteiger partial charge in [-0.05, 0) is 32.1 Å². The molecular weight excluding hydrogens is 394 g/mol. The van der Waals surface area contributed by atoms with Crippen LogP contribution in [0.3, 0.4) is 0 Å². The van der Waals surface area contributed by atoms with E-state index in [4.69, 9.17) is 5.73 Å². The first-order valence-corrected chi connectivity index (χ1v) is 9.77. The monoisotopic (exact) mass is 431 g/mol. The van der Waals surface area contributed by atoms with Crippen LogP contribution >= 0.6 is 0 Å². The molecule has 24 heavy (non-hydrogen) atoms. The Kier molecular flexibility index (Phi) is 22.8. The summed E-state index contributed by atoms with van der Waals surface area (Å²) >= 11 is 0. The fourth-order valence-electron chi connectivity index (χ4n) is 2.79. The SMILES string of the molecule is CCCCCCCC/C=C\CCCCCCCC(N)CC(=O)[O-].[Ag+]. The molecule has 0 aromatic rings. The van der Waals surface area contributed by atoms with Crippen LogP contribution in [0.4, 0.5) is 0 Å². The van der Waals surface area contributed by atoms with E-state index in [2.05, 4.69) is 19.1 Å². The number of hydrogen-bond donors (Lipinski definition) is 1. The summed E-state index contributed by atoms with van der Waals surface area (Å²) in [5.74, 6) is -1.04. The van der Waals surface area contributed by atoms with Gasteiger partial charge in [-0.2, -0.15) is 0 Å². The van der Waals surface area contributed by atoms with Crippen molar-refractivity contribution in [2.45, 2.75) is 109 Å². The summed E-state index contributed by atoms with van der Waals surface area (Å²) in [6.45, 7) is 2.26. The van der Waals surface area contributed by atoms with Gasteiger partial charge in [-0.15, -0.1) is 0 Å². The molecule has 0 rings (SSSR count). The molecule has 1 atom stereocenters. The number of carboxylic acid groups (broad SMARTS) is 1. The molecule has 0 saturated heterocycles. The Bertz CT molecular complexity index is 295. The molecule has 0 heterocycles. The van der Waals surface area contributed by atoms with Crippen molar-refractivity contribution in [2.24, 2.45) is 5.73 Å². The standard InChI is InChI=1S/C20H39NO2.Ag/c1-2-3-4-5-6-7-8-9-10-11-12-13-14-15-16-17-19(21)18-20(22)23;/h9-10,19H,2-8,11-18,21H2,1H3,(H,22,23);/q;+1/p-1/b10-9-;. The van der Waals surface area contributed by atoms with Crippen molar-refractivity contribution in [1.82, 2.24) is 0 Å². The van der Waals surface area contributed by atoms with Gasteiger partial charge in [-0.3, -0.25) is 0 Å². The van der Waals surface area contributed by atoms with Gasteiger partial charge >= 0.3 is 22.4 Å². The number of rotatable bonds is 17. The third-order valence-corrected chi connectivity index (χ3v) is 4.27. The maximum Gasteiger partial charge on any atom is 1.00 e. The Hall–Kier alpha value is -0.0897. The van der Waals surface area contributed by atoms with Gasteiger partial charge in [0.15, 0.2) is 0 Å². The van der Waals surface area contributed by atoms with Crippen LogP contribution in [0.2, 0.25) is 0 Å². The van der Waals surface area contributed by atoms with Gasteiger partial charge < -0.3 is 15.6 Å². The van der Waals surface area contributed by atoms with E-state index in [0.717, 1.165) is 19.3 Å².